The van der Waals surface area contributed by atoms with Crippen molar-refractivity contribution in [3.8, 4) is 0 Å². The predicted octanol–water partition coefficient (Wildman–Crippen LogP) is 1.70. The number of anilines is 1. The molecule has 0 spiro atoms. The largest absolute Gasteiger partial charge is 0.350 e. The van der Waals surface area contributed by atoms with Gasteiger partial charge in [-0.3, -0.25) is 4.79 Å². The van der Waals surface area contributed by atoms with Crippen molar-refractivity contribution in [1.29, 1.82) is 0 Å². The van der Waals surface area contributed by atoms with Crippen LogP contribution in [0.25, 0.3) is 0 Å². The Kier molecular flexibility index (Phi) is 6.99. The van der Waals surface area contributed by atoms with E-state index in [4.69, 9.17) is 0 Å². The molecule has 1 aliphatic rings. The van der Waals surface area contributed by atoms with Gasteiger partial charge in [-0.1, -0.05) is 26.0 Å². The fourth-order valence-corrected chi connectivity index (χ4v) is 4.83. The molecule has 1 aromatic carbocycles. The van der Waals surface area contributed by atoms with Gasteiger partial charge in [0.1, 0.15) is 16.8 Å². The molecule has 1 amide bonds. The molecular weight excluding hydrogens is 409 g/mol. The average Bonchev–Trinajstić information content (AvgIpc) is 2.73. The van der Waals surface area contributed by atoms with E-state index in [1.54, 1.807) is 32.3 Å². The maximum atomic E-state index is 14.0. The predicted molar refractivity (Wildman–Crippen MR) is 111 cm³/mol. The Morgan fingerprint density at radius 3 is 2.57 bits per heavy atom. The maximum absolute atomic E-state index is 14.0. The van der Waals surface area contributed by atoms with E-state index >= 15 is 0 Å². The van der Waals surface area contributed by atoms with Crippen LogP contribution in [0.5, 0.6) is 0 Å². The summed E-state index contributed by atoms with van der Waals surface area (Å²) in [4.78, 5) is 22.9. The van der Waals surface area contributed by atoms with Crippen molar-refractivity contribution in [2.24, 2.45) is 5.92 Å². The maximum Gasteiger partial charge on any atom is 0.244 e. The van der Waals surface area contributed by atoms with Crippen LogP contribution in [0.15, 0.2) is 47.6 Å². The van der Waals surface area contributed by atoms with E-state index in [0.29, 0.717) is 12.5 Å². The van der Waals surface area contributed by atoms with E-state index in [0.717, 1.165) is 25.5 Å². The van der Waals surface area contributed by atoms with Crippen LogP contribution in [-0.2, 0) is 14.8 Å². The minimum Gasteiger partial charge on any atom is -0.350 e. The fraction of sp³-hybridized carbons (Fsp3) is 0.450. The minimum atomic E-state index is -4.19. The Morgan fingerprint density at radius 1 is 1.20 bits per heavy atom. The van der Waals surface area contributed by atoms with Crippen molar-refractivity contribution < 1.29 is 17.6 Å². The molecule has 1 unspecified atom stereocenters. The molecule has 30 heavy (non-hydrogen) atoms. The molecular formula is C20H26FN5O3S. The van der Waals surface area contributed by atoms with Crippen molar-refractivity contribution in [3.63, 3.8) is 0 Å². The van der Waals surface area contributed by atoms with Gasteiger partial charge in [-0.25, -0.2) is 22.8 Å². The quantitative estimate of drug-likeness (QED) is 0.686. The van der Waals surface area contributed by atoms with E-state index in [-0.39, 0.29) is 12.0 Å². The van der Waals surface area contributed by atoms with Gasteiger partial charge < -0.3 is 10.2 Å². The molecule has 1 aliphatic heterocycles. The highest BCUT2D eigenvalue weighted by molar-refractivity contribution is 7.89. The second-order valence-electron chi connectivity index (χ2n) is 7.62. The molecule has 3 rings (SSSR count). The van der Waals surface area contributed by atoms with Crippen LogP contribution in [0.3, 0.4) is 0 Å². The lowest BCUT2D eigenvalue weighted by Crippen LogP contribution is -2.55. The lowest BCUT2D eigenvalue weighted by atomic mass is 10.0. The Labute approximate surface area is 176 Å². The number of hydrogen-bond acceptors (Lipinski definition) is 6. The molecule has 0 bridgehead atoms. The summed E-state index contributed by atoms with van der Waals surface area (Å²) in [6, 6.07) is 5.62. The number of aromatic nitrogens is 2. The number of carbonyl (C=O) groups is 1. The van der Waals surface area contributed by atoms with Gasteiger partial charge in [0.2, 0.25) is 21.9 Å². The molecule has 1 saturated heterocycles. The van der Waals surface area contributed by atoms with Crippen molar-refractivity contribution >= 4 is 21.9 Å². The highest BCUT2D eigenvalue weighted by Crippen LogP contribution is 2.18. The molecule has 0 saturated carbocycles. The van der Waals surface area contributed by atoms with Gasteiger partial charge in [0.25, 0.3) is 0 Å². The van der Waals surface area contributed by atoms with E-state index in [1.807, 2.05) is 4.90 Å². The molecule has 8 nitrogen and oxygen atoms in total. The first-order chi connectivity index (χ1) is 14.3. The topological polar surface area (TPSA) is 104 Å². The fourth-order valence-electron chi connectivity index (χ4n) is 3.41. The van der Waals surface area contributed by atoms with E-state index in [2.05, 4.69) is 20.0 Å². The summed E-state index contributed by atoms with van der Waals surface area (Å²) in [5.41, 5.74) is 0. The summed E-state index contributed by atoms with van der Waals surface area (Å²) in [6.45, 7) is 4.78. The lowest BCUT2D eigenvalue weighted by molar-refractivity contribution is -0.124. The van der Waals surface area contributed by atoms with E-state index < -0.39 is 32.7 Å². The van der Waals surface area contributed by atoms with Gasteiger partial charge in [0.05, 0.1) is 0 Å². The Hall–Kier alpha value is -2.59. The highest BCUT2D eigenvalue weighted by Gasteiger charge is 2.32. The van der Waals surface area contributed by atoms with Gasteiger partial charge in [-0.15, -0.1) is 0 Å². The minimum absolute atomic E-state index is 0.172. The molecule has 2 N–H and O–H groups in total. The van der Waals surface area contributed by atoms with Crippen LogP contribution < -0.4 is 14.9 Å². The summed E-state index contributed by atoms with van der Waals surface area (Å²) in [5.74, 6) is -1.04. The number of amides is 1. The molecule has 2 atom stereocenters. The molecule has 1 fully saturated rings. The van der Waals surface area contributed by atoms with Gasteiger partial charge >= 0.3 is 0 Å². The van der Waals surface area contributed by atoms with Crippen molar-refractivity contribution in [2.45, 2.75) is 43.7 Å². The third-order valence-corrected chi connectivity index (χ3v) is 6.43. The zero-order valence-corrected chi connectivity index (χ0v) is 17.8. The SMILES string of the molecule is CC(C)[C@H](NS(=O)(=O)c1ccccc1F)C(=O)NC1CCCN(c2ncccn2)C1. The van der Waals surface area contributed by atoms with Crippen LogP contribution in [0.4, 0.5) is 10.3 Å². The van der Waals surface area contributed by atoms with E-state index in [1.165, 1.54) is 18.2 Å². The lowest BCUT2D eigenvalue weighted by Gasteiger charge is -2.34. The van der Waals surface area contributed by atoms with Crippen LogP contribution in [0, 0.1) is 11.7 Å². The first-order valence-electron chi connectivity index (χ1n) is 9.87. The van der Waals surface area contributed by atoms with Gasteiger partial charge in [-0.2, -0.15) is 4.72 Å². The molecule has 1 aromatic heterocycles. The standard InChI is InChI=1S/C20H26FN5O3S/c1-14(2)18(25-30(28,29)17-9-4-3-8-16(17)21)19(27)24-15-7-5-12-26(13-15)20-22-10-6-11-23-20/h3-4,6,8-11,14-15,18,25H,5,7,12-13H2,1-2H3,(H,24,27)/t15?,18-/m0/s1. The number of nitrogens with one attached hydrogen (secondary N) is 2. The van der Waals surface area contributed by atoms with E-state index in [9.17, 15) is 17.6 Å². The zero-order chi connectivity index (χ0) is 21.7. The van der Waals surface area contributed by atoms with Crippen molar-refractivity contribution in [2.75, 3.05) is 18.0 Å². The summed E-state index contributed by atoms with van der Waals surface area (Å²) < 4.78 is 41.6. The number of hydrogen-bond donors (Lipinski definition) is 2. The summed E-state index contributed by atoms with van der Waals surface area (Å²) in [6.07, 6.45) is 4.93. The summed E-state index contributed by atoms with van der Waals surface area (Å²) >= 11 is 0. The van der Waals surface area contributed by atoms with Crippen LogP contribution in [-0.4, -0.2) is 49.5 Å². The monoisotopic (exact) mass is 435 g/mol. The zero-order valence-electron chi connectivity index (χ0n) is 17.0. The molecule has 0 radical (unpaired) electrons. The number of rotatable bonds is 7. The number of halogens is 1. The third-order valence-electron chi connectivity index (χ3n) is 4.96. The van der Waals surface area contributed by atoms with Crippen molar-refractivity contribution in [1.82, 2.24) is 20.0 Å². The second-order valence-corrected chi connectivity index (χ2v) is 9.30. The smallest absolute Gasteiger partial charge is 0.244 e. The Balaban J connectivity index is 1.69. The molecule has 2 aromatic rings. The molecule has 0 aliphatic carbocycles. The Bertz CT molecular complexity index is 971. The van der Waals surface area contributed by atoms with Crippen LogP contribution in [0.1, 0.15) is 26.7 Å². The number of sulfonamides is 1. The number of benzene rings is 1. The highest BCUT2D eigenvalue weighted by atomic mass is 32.2. The normalized spacial score (nSPS) is 18.3. The average molecular weight is 436 g/mol. The number of carbonyl (C=O) groups excluding carboxylic acids is 1. The second kappa shape index (κ2) is 9.48. The van der Waals surface area contributed by atoms with Crippen molar-refractivity contribution in [3.05, 3.63) is 48.5 Å². The number of piperidine rings is 1. The van der Waals surface area contributed by atoms with Crippen LogP contribution in [0.2, 0.25) is 0 Å². The first-order valence-corrected chi connectivity index (χ1v) is 11.4. The third kappa shape index (κ3) is 5.31. The number of nitrogens with zero attached hydrogens (tertiary/aromatic N) is 3. The first kappa shape index (κ1) is 22.1. The van der Waals surface area contributed by atoms with Gasteiger partial charge in [-0.05, 0) is 37.0 Å². The van der Waals surface area contributed by atoms with Gasteiger partial charge in [0, 0.05) is 31.5 Å². The molecule has 10 heteroatoms. The molecule has 2 heterocycles. The van der Waals surface area contributed by atoms with Gasteiger partial charge in [0.15, 0.2) is 0 Å². The van der Waals surface area contributed by atoms with Crippen LogP contribution >= 0.6 is 0 Å². The molecule has 162 valence electrons. The summed E-state index contributed by atoms with van der Waals surface area (Å²) in [5, 5.41) is 2.93. The summed E-state index contributed by atoms with van der Waals surface area (Å²) in [7, 11) is -4.19. The Morgan fingerprint density at radius 2 is 1.90 bits per heavy atom.